The van der Waals surface area contributed by atoms with Crippen molar-refractivity contribution >= 4 is 56.7 Å². The average Bonchev–Trinajstić information content (AvgIpc) is 3.19. The van der Waals surface area contributed by atoms with Gasteiger partial charge in [0.2, 0.25) is 0 Å². The molecule has 0 saturated heterocycles. The Bertz CT molecular complexity index is 1290. The van der Waals surface area contributed by atoms with Crippen LogP contribution in [0.15, 0.2) is 53.7 Å². The van der Waals surface area contributed by atoms with Gasteiger partial charge in [-0.25, -0.2) is 4.99 Å². The van der Waals surface area contributed by atoms with Gasteiger partial charge in [0.15, 0.2) is 0 Å². The van der Waals surface area contributed by atoms with Crippen LogP contribution in [-0.4, -0.2) is 10.8 Å². The van der Waals surface area contributed by atoms with E-state index in [4.69, 9.17) is 23.2 Å². The Hall–Kier alpha value is -2.58. The second kappa shape index (κ2) is 8.04. The number of hydrogen-bond donors (Lipinski definition) is 0. The van der Waals surface area contributed by atoms with E-state index in [-0.39, 0.29) is 0 Å². The van der Waals surface area contributed by atoms with Crippen LogP contribution in [0.4, 0.5) is 5.00 Å². The Labute approximate surface area is 183 Å². The summed E-state index contributed by atoms with van der Waals surface area (Å²) in [7, 11) is 0. The summed E-state index contributed by atoms with van der Waals surface area (Å²) in [6.07, 6.45) is 3.91. The smallest absolute Gasteiger partial charge is 0.134 e. The molecule has 0 saturated carbocycles. The molecule has 4 aromatic rings. The van der Waals surface area contributed by atoms with Crippen molar-refractivity contribution in [2.45, 2.75) is 20.4 Å². The summed E-state index contributed by atoms with van der Waals surface area (Å²) < 4.78 is 2.15. The van der Waals surface area contributed by atoms with Crippen LogP contribution in [0, 0.1) is 25.2 Å². The van der Waals surface area contributed by atoms with Gasteiger partial charge in [0.05, 0.1) is 5.56 Å². The van der Waals surface area contributed by atoms with Crippen molar-refractivity contribution in [1.82, 2.24) is 4.57 Å². The molecule has 0 spiro atoms. The molecule has 2 aromatic heterocycles. The second-order valence-corrected chi connectivity index (χ2v) is 8.85. The van der Waals surface area contributed by atoms with Crippen LogP contribution in [0.3, 0.4) is 0 Å². The molecule has 0 radical (unpaired) electrons. The van der Waals surface area contributed by atoms with Gasteiger partial charge in [-0.2, -0.15) is 5.26 Å². The van der Waals surface area contributed by atoms with E-state index in [0.29, 0.717) is 22.2 Å². The van der Waals surface area contributed by atoms with Gasteiger partial charge in [0.1, 0.15) is 11.1 Å². The number of nitriles is 1. The van der Waals surface area contributed by atoms with E-state index in [1.165, 1.54) is 0 Å². The fraction of sp³-hybridized carbons (Fsp3) is 0.130. The first kappa shape index (κ1) is 19.7. The normalized spacial score (nSPS) is 11.4. The minimum Gasteiger partial charge on any atom is -0.342 e. The molecule has 0 aliphatic heterocycles. The van der Waals surface area contributed by atoms with E-state index in [2.05, 4.69) is 34.0 Å². The third-order valence-corrected chi connectivity index (χ3v) is 6.68. The SMILES string of the molecule is Cc1sc(N=Cc2cn(Cc3ccc(Cl)cc3Cl)c3ccccc23)c(C#N)c1C. The maximum Gasteiger partial charge on any atom is 0.134 e. The van der Waals surface area contributed by atoms with E-state index < -0.39 is 0 Å². The van der Waals surface area contributed by atoms with Crippen molar-refractivity contribution in [3.05, 3.63) is 85.8 Å². The van der Waals surface area contributed by atoms with Crippen molar-refractivity contribution in [2.24, 2.45) is 4.99 Å². The number of thiophene rings is 1. The van der Waals surface area contributed by atoms with Gasteiger partial charge in [-0.05, 0) is 43.2 Å². The van der Waals surface area contributed by atoms with E-state index in [0.717, 1.165) is 37.5 Å². The zero-order valence-corrected chi connectivity index (χ0v) is 18.2. The summed E-state index contributed by atoms with van der Waals surface area (Å²) in [4.78, 5) is 5.76. The number of benzene rings is 2. The first-order valence-electron chi connectivity index (χ1n) is 9.04. The molecule has 0 unspecified atom stereocenters. The Morgan fingerprint density at radius 1 is 1.17 bits per heavy atom. The highest BCUT2D eigenvalue weighted by Crippen LogP contribution is 2.34. The number of rotatable bonds is 4. The molecule has 29 heavy (non-hydrogen) atoms. The summed E-state index contributed by atoms with van der Waals surface area (Å²) in [5, 5.41) is 12.6. The van der Waals surface area contributed by atoms with Crippen molar-refractivity contribution < 1.29 is 0 Å². The monoisotopic (exact) mass is 437 g/mol. The number of aryl methyl sites for hydroxylation is 1. The lowest BCUT2D eigenvalue weighted by atomic mass is 10.2. The minimum absolute atomic E-state index is 0.624. The molecular weight excluding hydrogens is 421 g/mol. The number of aliphatic imine (C=N–C) groups is 1. The molecule has 2 aromatic carbocycles. The van der Waals surface area contributed by atoms with Crippen molar-refractivity contribution in [2.75, 3.05) is 0 Å². The van der Waals surface area contributed by atoms with Gasteiger partial charge in [0.25, 0.3) is 0 Å². The van der Waals surface area contributed by atoms with Gasteiger partial charge in [-0.1, -0.05) is 47.5 Å². The summed E-state index contributed by atoms with van der Waals surface area (Å²) in [5.74, 6) is 0. The number of aromatic nitrogens is 1. The highest BCUT2D eigenvalue weighted by atomic mass is 35.5. The van der Waals surface area contributed by atoms with Crippen molar-refractivity contribution in [3.8, 4) is 6.07 Å². The summed E-state index contributed by atoms with van der Waals surface area (Å²) in [5.41, 5.74) is 4.75. The molecule has 0 bridgehead atoms. The van der Waals surface area contributed by atoms with Gasteiger partial charge in [0, 0.05) is 50.3 Å². The molecule has 0 fully saturated rings. The number of nitrogens with zero attached hydrogens (tertiary/aromatic N) is 3. The first-order valence-corrected chi connectivity index (χ1v) is 10.6. The molecule has 4 rings (SSSR count). The van der Waals surface area contributed by atoms with Crippen molar-refractivity contribution in [3.63, 3.8) is 0 Å². The molecule has 0 aliphatic rings. The van der Waals surface area contributed by atoms with E-state index >= 15 is 0 Å². The Morgan fingerprint density at radius 3 is 2.72 bits per heavy atom. The highest BCUT2D eigenvalue weighted by Gasteiger charge is 2.12. The highest BCUT2D eigenvalue weighted by molar-refractivity contribution is 7.16. The minimum atomic E-state index is 0.624. The van der Waals surface area contributed by atoms with Crippen molar-refractivity contribution in [1.29, 1.82) is 5.26 Å². The standard InChI is InChI=1S/C23H17Cl2N3S/c1-14-15(2)29-23(20(14)10-26)27-11-17-13-28(22-6-4-3-5-19(17)22)12-16-7-8-18(24)9-21(16)25/h3-9,11,13H,12H2,1-2H3. The summed E-state index contributed by atoms with van der Waals surface area (Å²) in [6.45, 7) is 4.61. The molecule has 0 N–H and O–H groups in total. The third kappa shape index (κ3) is 3.82. The zero-order chi connectivity index (χ0) is 20.5. The number of para-hydroxylation sites is 1. The maximum absolute atomic E-state index is 9.45. The van der Waals surface area contributed by atoms with Gasteiger partial charge >= 0.3 is 0 Å². The Morgan fingerprint density at radius 2 is 1.97 bits per heavy atom. The maximum atomic E-state index is 9.45. The fourth-order valence-electron chi connectivity index (χ4n) is 3.30. The van der Waals surface area contributed by atoms with Crippen LogP contribution in [0.5, 0.6) is 0 Å². The molecule has 6 heteroatoms. The van der Waals surface area contributed by atoms with Crippen LogP contribution in [0.2, 0.25) is 10.0 Å². The molecule has 0 aliphatic carbocycles. The average molecular weight is 438 g/mol. The van der Waals surface area contributed by atoms with Crippen LogP contribution >= 0.6 is 34.5 Å². The van der Waals surface area contributed by atoms with E-state index in [1.807, 2.05) is 44.3 Å². The summed E-state index contributed by atoms with van der Waals surface area (Å²) in [6, 6.07) is 16.0. The molecule has 2 heterocycles. The number of fused-ring (bicyclic) bond motifs is 1. The van der Waals surface area contributed by atoms with Gasteiger partial charge in [-0.15, -0.1) is 11.3 Å². The predicted molar refractivity (Wildman–Crippen MR) is 123 cm³/mol. The first-order chi connectivity index (χ1) is 14.0. The lowest BCUT2D eigenvalue weighted by molar-refractivity contribution is 0.836. The number of hydrogen-bond acceptors (Lipinski definition) is 3. The molecule has 0 amide bonds. The lowest BCUT2D eigenvalue weighted by Gasteiger charge is -2.08. The Balaban J connectivity index is 1.75. The van der Waals surface area contributed by atoms with Crippen LogP contribution in [-0.2, 0) is 6.54 Å². The summed E-state index contributed by atoms with van der Waals surface area (Å²) >= 11 is 13.9. The predicted octanol–water partition coefficient (Wildman–Crippen LogP) is 7.30. The third-order valence-electron chi connectivity index (χ3n) is 4.97. The molecule has 3 nitrogen and oxygen atoms in total. The largest absolute Gasteiger partial charge is 0.342 e. The van der Waals surface area contributed by atoms with Crippen LogP contribution in [0.25, 0.3) is 10.9 Å². The van der Waals surface area contributed by atoms with E-state index in [9.17, 15) is 5.26 Å². The van der Waals surface area contributed by atoms with Gasteiger partial charge < -0.3 is 4.57 Å². The topological polar surface area (TPSA) is 41.1 Å². The van der Waals surface area contributed by atoms with E-state index in [1.54, 1.807) is 17.4 Å². The molecule has 144 valence electrons. The van der Waals surface area contributed by atoms with Gasteiger partial charge in [-0.3, -0.25) is 0 Å². The molecule has 0 atom stereocenters. The lowest BCUT2D eigenvalue weighted by Crippen LogP contribution is -1.98. The van der Waals surface area contributed by atoms with Crippen LogP contribution in [0.1, 0.15) is 27.1 Å². The second-order valence-electron chi connectivity index (χ2n) is 6.80. The quantitative estimate of drug-likeness (QED) is 0.308. The zero-order valence-electron chi connectivity index (χ0n) is 15.9. The Kier molecular flexibility index (Phi) is 5.47. The number of halogens is 2. The molecular formula is C23H17Cl2N3S. The van der Waals surface area contributed by atoms with Crippen LogP contribution < -0.4 is 0 Å². The fourth-order valence-corrected chi connectivity index (χ4v) is 4.72.